The van der Waals surface area contributed by atoms with Gasteiger partial charge in [0.05, 0.1) is 31.9 Å². The van der Waals surface area contributed by atoms with Gasteiger partial charge >= 0.3 is 0 Å². The summed E-state index contributed by atoms with van der Waals surface area (Å²) in [5.74, 6) is -0.0508. The second-order valence-corrected chi connectivity index (χ2v) is 9.93. The molecule has 1 saturated heterocycles. The van der Waals surface area contributed by atoms with Gasteiger partial charge in [0.2, 0.25) is 5.91 Å². The monoisotopic (exact) mass is 515 g/mol. The molecule has 1 fully saturated rings. The normalized spacial score (nSPS) is 20.4. The fourth-order valence-corrected chi connectivity index (χ4v) is 6.19. The molecular formula is C30H30FN3O4. The van der Waals surface area contributed by atoms with Crippen LogP contribution in [-0.4, -0.2) is 68.6 Å². The van der Waals surface area contributed by atoms with Gasteiger partial charge in [0.1, 0.15) is 5.82 Å². The Morgan fingerprint density at radius 1 is 0.868 bits per heavy atom. The molecule has 3 aromatic rings. The number of amides is 2. The Morgan fingerprint density at radius 3 is 2.29 bits per heavy atom. The van der Waals surface area contributed by atoms with Gasteiger partial charge in [0.15, 0.2) is 11.5 Å². The van der Waals surface area contributed by atoms with Crippen molar-refractivity contribution in [3.05, 3.63) is 88.7 Å². The fourth-order valence-electron chi connectivity index (χ4n) is 6.19. The molecule has 0 aromatic heterocycles. The van der Waals surface area contributed by atoms with Gasteiger partial charge in [-0.3, -0.25) is 9.59 Å². The van der Waals surface area contributed by atoms with Crippen molar-refractivity contribution in [2.45, 2.75) is 18.4 Å². The molecule has 0 aliphatic carbocycles. The number of ether oxygens (including phenoxy) is 2. The Bertz CT molecular complexity index is 1400. The molecule has 2 amide bonds. The minimum absolute atomic E-state index is 0.0362. The molecule has 3 heterocycles. The molecule has 3 aliphatic heterocycles. The first kappa shape index (κ1) is 24.3. The molecule has 0 radical (unpaired) electrons. The van der Waals surface area contributed by atoms with Crippen LogP contribution in [-0.2, 0) is 11.2 Å². The number of fused-ring (bicyclic) bond motifs is 4. The Kier molecular flexibility index (Phi) is 6.18. The molecule has 0 N–H and O–H groups in total. The number of benzene rings is 3. The van der Waals surface area contributed by atoms with E-state index in [2.05, 4.69) is 6.07 Å². The third kappa shape index (κ3) is 3.86. The molecule has 0 saturated carbocycles. The van der Waals surface area contributed by atoms with Crippen molar-refractivity contribution in [3.63, 3.8) is 0 Å². The largest absolute Gasteiger partial charge is 0.493 e. The number of methoxy groups -OCH3 is 2. The standard InChI is InChI=1S/C30H30FN3O4/c1-37-25-17-21-22(18-26(25)38-2)29(35)34-12-11-19-7-3-4-8-20(19)28(34)27(21)30(36)33-15-13-32(14-16-33)24-10-6-5-9-23(24)31/h3-10,17-18,27-28H,11-16H2,1-2H3. The van der Waals surface area contributed by atoms with E-state index in [1.807, 2.05) is 39.0 Å². The van der Waals surface area contributed by atoms with E-state index in [1.165, 1.54) is 13.2 Å². The maximum atomic E-state index is 14.4. The van der Waals surface area contributed by atoms with Crippen molar-refractivity contribution in [2.24, 2.45) is 0 Å². The number of nitrogens with zero attached hydrogens (tertiary/aromatic N) is 3. The number of anilines is 1. The maximum Gasteiger partial charge on any atom is 0.254 e. The molecule has 196 valence electrons. The van der Waals surface area contributed by atoms with Crippen LogP contribution in [0.15, 0.2) is 60.7 Å². The van der Waals surface area contributed by atoms with Gasteiger partial charge in [-0.1, -0.05) is 36.4 Å². The summed E-state index contributed by atoms with van der Waals surface area (Å²) in [6.07, 6.45) is 0.739. The molecule has 8 heteroatoms. The van der Waals surface area contributed by atoms with Crippen molar-refractivity contribution in [1.29, 1.82) is 0 Å². The minimum Gasteiger partial charge on any atom is -0.493 e. The smallest absolute Gasteiger partial charge is 0.254 e. The van der Waals surface area contributed by atoms with E-state index in [-0.39, 0.29) is 17.6 Å². The van der Waals surface area contributed by atoms with Gasteiger partial charge in [0, 0.05) is 38.3 Å². The SMILES string of the molecule is COc1cc2c(cc1OC)C(C(=O)N1CCN(c3ccccc3F)CC1)C1c3ccccc3CCN1C2=O. The van der Waals surface area contributed by atoms with Crippen LogP contribution in [0.3, 0.4) is 0 Å². The van der Waals surface area contributed by atoms with Crippen LogP contribution in [0.5, 0.6) is 11.5 Å². The molecule has 3 aromatic carbocycles. The third-order valence-electron chi connectivity index (χ3n) is 8.08. The van der Waals surface area contributed by atoms with Crippen molar-refractivity contribution < 1.29 is 23.5 Å². The highest BCUT2D eigenvalue weighted by Crippen LogP contribution is 2.49. The van der Waals surface area contributed by atoms with E-state index in [1.54, 1.807) is 31.4 Å². The van der Waals surface area contributed by atoms with Gasteiger partial charge in [-0.2, -0.15) is 0 Å². The number of para-hydroxylation sites is 1. The second kappa shape index (κ2) is 9.67. The van der Waals surface area contributed by atoms with Crippen LogP contribution in [0, 0.1) is 5.82 Å². The van der Waals surface area contributed by atoms with E-state index in [0.717, 1.165) is 17.5 Å². The molecular weight excluding hydrogens is 485 g/mol. The summed E-state index contributed by atoms with van der Waals surface area (Å²) in [6, 6.07) is 17.9. The Hall–Kier alpha value is -4.07. The van der Waals surface area contributed by atoms with E-state index >= 15 is 0 Å². The van der Waals surface area contributed by atoms with Crippen molar-refractivity contribution in [1.82, 2.24) is 9.80 Å². The lowest BCUT2D eigenvalue weighted by Crippen LogP contribution is -2.54. The Morgan fingerprint density at radius 2 is 1.55 bits per heavy atom. The van der Waals surface area contributed by atoms with Crippen LogP contribution in [0.2, 0.25) is 0 Å². The lowest BCUT2D eigenvalue weighted by molar-refractivity contribution is -0.135. The van der Waals surface area contributed by atoms with Crippen molar-refractivity contribution in [3.8, 4) is 11.5 Å². The fraction of sp³-hybridized carbons (Fsp3) is 0.333. The second-order valence-electron chi connectivity index (χ2n) is 9.93. The lowest BCUT2D eigenvalue weighted by Gasteiger charge is -2.47. The van der Waals surface area contributed by atoms with Crippen LogP contribution in [0.1, 0.15) is 39.0 Å². The Labute approximate surface area is 221 Å². The van der Waals surface area contributed by atoms with Gasteiger partial charge in [0.25, 0.3) is 5.91 Å². The van der Waals surface area contributed by atoms with Gasteiger partial charge < -0.3 is 24.2 Å². The average Bonchev–Trinajstić information content (AvgIpc) is 2.96. The van der Waals surface area contributed by atoms with Crippen LogP contribution < -0.4 is 14.4 Å². The van der Waals surface area contributed by atoms with E-state index in [0.29, 0.717) is 61.0 Å². The summed E-state index contributed by atoms with van der Waals surface area (Å²) in [7, 11) is 3.09. The zero-order valence-corrected chi connectivity index (χ0v) is 21.5. The third-order valence-corrected chi connectivity index (χ3v) is 8.08. The summed E-state index contributed by atoms with van der Waals surface area (Å²) in [6.45, 7) is 2.53. The maximum absolute atomic E-state index is 14.4. The predicted octanol–water partition coefficient (Wildman–Crippen LogP) is 4.03. The number of hydrogen-bond acceptors (Lipinski definition) is 5. The Balaban J connectivity index is 1.39. The number of hydrogen-bond donors (Lipinski definition) is 0. The zero-order valence-electron chi connectivity index (χ0n) is 21.5. The van der Waals surface area contributed by atoms with E-state index in [4.69, 9.17) is 9.47 Å². The summed E-state index contributed by atoms with van der Waals surface area (Å²) in [5.41, 5.74) is 3.86. The number of rotatable bonds is 4. The topological polar surface area (TPSA) is 62.3 Å². The number of carbonyl (C=O) groups is 2. The molecule has 7 nitrogen and oxygen atoms in total. The summed E-state index contributed by atoms with van der Waals surface area (Å²) in [4.78, 5) is 33.8. The summed E-state index contributed by atoms with van der Waals surface area (Å²) >= 11 is 0. The predicted molar refractivity (Wildman–Crippen MR) is 141 cm³/mol. The van der Waals surface area contributed by atoms with Gasteiger partial charge in [-0.05, 0) is 47.4 Å². The highest BCUT2D eigenvalue weighted by atomic mass is 19.1. The number of halogens is 1. The first-order valence-corrected chi connectivity index (χ1v) is 12.9. The molecule has 0 spiro atoms. The van der Waals surface area contributed by atoms with Crippen molar-refractivity contribution in [2.75, 3.05) is 51.8 Å². The molecule has 6 rings (SSSR count). The first-order valence-electron chi connectivity index (χ1n) is 12.9. The van der Waals surface area contributed by atoms with Crippen LogP contribution in [0.4, 0.5) is 10.1 Å². The minimum atomic E-state index is -0.594. The molecule has 2 unspecified atom stereocenters. The van der Waals surface area contributed by atoms with Gasteiger partial charge in [-0.25, -0.2) is 4.39 Å². The molecule has 0 bridgehead atoms. The molecule has 3 aliphatic rings. The molecule has 2 atom stereocenters. The number of carbonyl (C=O) groups excluding carboxylic acids is 2. The summed E-state index contributed by atoms with van der Waals surface area (Å²) < 4.78 is 25.5. The highest BCUT2D eigenvalue weighted by molar-refractivity contribution is 6.02. The van der Waals surface area contributed by atoms with Crippen LogP contribution >= 0.6 is 0 Å². The zero-order chi connectivity index (χ0) is 26.4. The number of piperazine rings is 1. The van der Waals surface area contributed by atoms with Gasteiger partial charge in [-0.15, -0.1) is 0 Å². The quantitative estimate of drug-likeness (QED) is 0.525. The summed E-state index contributed by atoms with van der Waals surface area (Å²) in [5, 5.41) is 0. The van der Waals surface area contributed by atoms with E-state index in [9.17, 15) is 14.0 Å². The van der Waals surface area contributed by atoms with Crippen molar-refractivity contribution >= 4 is 17.5 Å². The highest BCUT2D eigenvalue weighted by Gasteiger charge is 2.48. The lowest BCUT2D eigenvalue weighted by atomic mass is 9.75. The van der Waals surface area contributed by atoms with E-state index < -0.39 is 12.0 Å². The first-order chi connectivity index (χ1) is 18.5. The average molecular weight is 516 g/mol. The molecule has 38 heavy (non-hydrogen) atoms. The van der Waals surface area contributed by atoms with Crippen LogP contribution in [0.25, 0.3) is 0 Å².